The minimum Gasteiger partial charge on any atom is -0.344 e. The fraction of sp³-hybridized carbons (Fsp3) is 0.882. The molecule has 2 saturated heterocycles. The lowest BCUT2D eigenvalue weighted by molar-refractivity contribution is -0.136. The van der Waals surface area contributed by atoms with Gasteiger partial charge in [-0.2, -0.15) is 0 Å². The molecule has 0 bridgehead atoms. The molecule has 0 aromatic heterocycles. The fourth-order valence-corrected chi connectivity index (χ4v) is 3.79. The van der Waals surface area contributed by atoms with Gasteiger partial charge in [0.25, 0.3) is 0 Å². The van der Waals surface area contributed by atoms with Gasteiger partial charge in [-0.1, -0.05) is 12.8 Å². The summed E-state index contributed by atoms with van der Waals surface area (Å²) in [6.07, 6.45) is 8.46. The molecule has 3 rings (SSSR count). The van der Waals surface area contributed by atoms with Gasteiger partial charge in [0, 0.05) is 32.6 Å². The number of nitrogens with zero attached hydrogens (tertiary/aromatic N) is 2. The predicted octanol–water partition coefficient (Wildman–Crippen LogP) is 1.38. The summed E-state index contributed by atoms with van der Waals surface area (Å²) in [5, 5.41) is 2.91. The number of carbonyl (C=O) groups excluding carboxylic acids is 2. The summed E-state index contributed by atoms with van der Waals surface area (Å²) in [6.45, 7) is 4.96. The van der Waals surface area contributed by atoms with Crippen molar-refractivity contribution in [1.29, 1.82) is 0 Å². The Kier molecular flexibility index (Phi) is 5.34. The van der Waals surface area contributed by atoms with Crippen molar-refractivity contribution in [3.8, 4) is 0 Å². The van der Waals surface area contributed by atoms with E-state index in [9.17, 15) is 9.59 Å². The molecule has 1 saturated carbocycles. The predicted molar refractivity (Wildman–Crippen MR) is 85.4 cm³/mol. The quantitative estimate of drug-likeness (QED) is 0.857. The largest absolute Gasteiger partial charge is 0.344 e. The standard InChI is InChI=1S/C17H29N3O2/c21-16-8-2-1-7-15(18-16)17(22)20-10-4-9-19(11-12-20)13-14-5-3-6-14/h14-15H,1-13H2,(H,18,21). The van der Waals surface area contributed by atoms with Gasteiger partial charge in [-0.3, -0.25) is 9.59 Å². The number of nitrogens with one attached hydrogen (secondary N) is 1. The lowest BCUT2D eigenvalue weighted by Gasteiger charge is -2.31. The highest BCUT2D eigenvalue weighted by atomic mass is 16.2. The number of hydrogen-bond donors (Lipinski definition) is 1. The zero-order valence-electron chi connectivity index (χ0n) is 13.6. The van der Waals surface area contributed by atoms with Crippen LogP contribution in [0, 0.1) is 5.92 Å². The van der Waals surface area contributed by atoms with E-state index in [1.807, 2.05) is 4.90 Å². The first-order valence-electron chi connectivity index (χ1n) is 9.03. The van der Waals surface area contributed by atoms with Gasteiger partial charge in [0.15, 0.2) is 0 Å². The average molecular weight is 307 g/mol. The second-order valence-electron chi connectivity index (χ2n) is 7.14. The Morgan fingerprint density at radius 2 is 1.86 bits per heavy atom. The van der Waals surface area contributed by atoms with Crippen LogP contribution >= 0.6 is 0 Å². The van der Waals surface area contributed by atoms with Crippen molar-refractivity contribution in [3.05, 3.63) is 0 Å². The van der Waals surface area contributed by atoms with Crippen molar-refractivity contribution >= 4 is 11.8 Å². The van der Waals surface area contributed by atoms with Crippen molar-refractivity contribution in [1.82, 2.24) is 15.1 Å². The van der Waals surface area contributed by atoms with Crippen LogP contribution in [0.25, 0.3) is 0 Å². The molecule has 2 aliphatic heterocycles. The van der Waals surface area contributed by atoms with E-state index in [2.05, 4.69) is 10.2 Å². The molecule has 3 fully saturated rings. The highest BCUT2D eigenvalue weighted by Gasteiger charge is 2.29. The van der Waals surface area contributed by atoms with E-state index in [0.29, 0.717) is 6.42 Å². The number of carbonyl (C=O) groups is 2. The molecule has 1 N–H and O–H groups in total. The molecule has 0 radical (unpaired) electrons. The molecule has 2 heterocycles. The molecule has 5 nitrogen and oxygen atoms in total. The SMILES string of the molecule is O=C1CCCCC(C(=O)N2CCCN(CC3CCC3)CC2)N1. The van der Waals surface area contributed by atoms with Gasteiger partial charge in [0.1, 0.15) is 6.04 Å². The lowest BCUT2D eigenvalue weighted by atomic mass is 9.85. The van der Waals surface area contributed by atoms with Gasteiger partial charge in [-0.25, -0.2) is 0 Å². The Labute approximate surface area is 133 Å². The summed E-state index contributed by atoms with van der Waals surface area (Å²) in [5.74, 6) is 1.07. The summed E-state index contributed by atoms with van der Waals surface area (Å²) >= 11 is 0. The Morgan fingerprint density at radius 1 is 1.00 bits per heavy atom. The van der Waals surface area contributed by atoms with E-state index < -0.39 is 0 Å². The van der Waals surface area contributed by atoms with Gasteiger partial charge in [0.2, 0.25) is 11.8 Å². The molecular formula is C17H29N3O2. The zero-order chi connectivity index (χ0) is 15.4. The third-order valence-electron chi connectivity index (χ3n) is 5.42. The van der Waals surface area contributed by atoms with Gasteiger partial charge in [0.05, 0.1) is 0 Å². The maximum atomic E-state index is 12.7. The Morgan fingerprint density at radius 3 is 2.64 bits per heavy atom. The smallest absolute Gasteiger partial charge is 0.245 e. The van der Waals surface area contributed by atoms with Gasteiger partial charge in [-0.05, 0) is 44.6 Å². The lowest BCUT2D eigenvalue weighted by Crippen LogP contribution is -2.48. The maximum absolute atomic E-state index is 12.7. The van der Waals surface area contributed by atoms with Crippen LogP contribution in [0.3, 0.4) is 0 Å². The minimum atomic E-state index is -0.284. The summed E-state index contributed by atoms with van der Waals surface area (Å²) in [4.78, 5) is 28.9. The van der Waals surface area contributed by atoms with Crippen molar-refractivity contribution < 1.29 is 9.59 Å². The van der Waals surface area contributed by atoms with Gasteiger partial charge in [-0.15, -0.1) is 0 Å². The Balaban J connectivity index is 1.50. The van der Waals surface area contributed by atoms with Crippen LogP contribution in [0.1, 0.15) is 51.4 Å². The van der Waals surface area contributed by atoms with Crippen molar-refractivity contribution in [2.75, 3.05) is 32.7 Å². The molecule has 1 unspecified atom stereocenters. The van der Waals surface area contributed by atoms with E-state index in [-0.39, 0.29) is 17.9 Å². The van der Waals surface area contributed by atoms with Crippen LogP contribution in [0.4, 0.5) is 0 Å². The van der Waals surface area contributed by atoms with Crippen LogP contribution in [0.5, 0.6) is 0 Å². The van der Waals surface area contributed by atoms with Crippen LogP contribution in [0.15, 0.2) is 0 Å². The molecule has 1 atom stereocenters. The first kappa shape index (κ1) is 15.8. The van der Waals surface area contributed by atoms with Gasteiger partial charge < -0.3 is 15.1 Å². The fourth-order valence-electron chi connectivity index (χ4n) is 3.79. The molecule has 0 spiro atoms. The van der Waals surface area contributed by atoms with Crippen LogP contribution in [-0.2, 0) is 9.59 Å². The Bertz CT molecular complexity index is 409. The first-order chi connectivity index (χ1) is 10.7. The molecule has 5 heteroatoms. The third-order valence-corrected chi connectivity index (χ3v) is 5.42. The highest BCUT2D eigenvalue weighted by Crippen LogP contribution is 2.27. The molecular weight excluding hydrogens is 278 g/mol. The topological polar surface area (TPSA) is 52.7 Å². The Hall–Kier alpha value is -1.10. The van der Waals surface area contributed by atoms with E-state index in [1.54, 1.807) is 0 Å². The average Bonchev–Trinajstić information content (AvgIpc) is 2.82. The number of rotatable bonds is 3. The number of hydrogen-bond acceptors (Lipinski definition) is 3. The molecule has 22 heavy (non-hydrogen) atoms. The summed E-state index contributed by atoms with van der Waals surface area (Å²) in [5.41, 5.74) is 0. The summed E-state index contributed by atoms with van der Waals surface area (Å²) in [7, 11) is 0. The monoisotopic (exact) mass is 307 g/mol. The van der Waals surface area contributed by atoms with Crippen molar-refractivity contribution in [3.63, 3.8) is 0 Å². The normalized spacial score (nSPS) is 28.5. The summed E-state index contributed by atoms with van der Waals surface area (Å²) < 4.78 is 0. The highest BCUT2D eigenvalue weighted by molar-refractivity contribution is 5.88. The molecule has 0 aromatic carbocycles. The van der Waals surface area contributed by atoms with Gasteiger partial charge >= 0.3 is 0 Å². The molecule has 0 aromatic rings. The zero-order valence-corrected chi connectivity index (χ0v) is 13.6. The third kappa shape index (κ3) is 4.00. The molecule has 1 aliphatic carbocycles. The van der Waals surface area contributed by atoms with E-state index in [4.69, 9.17) is 0 Å². The second-order valence-corrected chi connectivity index (χ2v) is 7.14. The van der Waals surface area contributed by atoms with Crippen molar-refractivity contribution in [2.45, 2.75) is 57.4 Å². The molecule has 3 aliphatic rings. The van der Waals surface area contributed by atoms with Crippen LogP contribution in [0.2, 0.25) is 0 Å². The minimum absolute atomic E-state index is 0.0391. The maximum Gasteiger partial charge on any atom is 0.245 e. The molecule has 2 amide bonds. The number of amides is 2. The van der Waals surface area contributed by atoms with E-state index in [0.717, 1.165) is 57.8 Å². The second kappa shape index (κ2) is 7.44. The van der Waals surface area contributed by atoms with Crippen LogP contribution in [-0.4, -0.2) is 60.4 Å². The summed E-state index contributed by atoms with van der Waals surface area (Å²) in [6, 6.07) is -0.284. The van der Waals surface area contributed by atoms with Crippen LogP contribution < -0.4 is 5.32 Å². The molecule has 124 valence electrons. The van der Waals surface area contributed by atoms with E-state index in [1.165, 1.54) is 25.8 Å². The van der Waals surface area contributed by atoms with Crippen molar-refractivity contribution in [2.24, 2.45) is 5.92 Å². The van der Waals surface area contributed by atoms with E-state index >= 15 is 0 Å². The first-order valence-corrected chi connectivity index (χ1v) is 9.03.